The van der Waals surface area contributed by atoms with E-state index in [9.17, 15) is 19.5 Å². The molecule has 0 bridgehead atoms. The van der Waals surface area contributed by atoms with Gasteiger partial charge in [-0.25, -0.2) is 4.79 Å². The van der Waals surface area contributed by atoms with Crippen molar-refractivity contribution in [3.8, 4) is 5.75 Å². The summed E-state index contributed by atoms with van der Waals surface area (Å²) >= 11 is 0. The van der Waals surface area contributed by atoms with Crippen LogP contribution in [0, 0.1) is 0 Å². The van der Waals surface area contributed by atoms with Crippen LogP contribution in [0.3, 0.4) is 0 Å². The van der Waals surface area contributed by atoms with E-state index in [4.69, 9.17) is 4.74 Å². The van der Waals surface area contributed by atoms with Gasteiger partial charge in [-0.05, 0) is 24.3 Å². The number of hydrogen-bond donors (Lipinski definition) is 1. The zero-order valence-corrected chi connectivity index (χ0v) is 14.7. The number of carboxylic acids is 1. The second-order valence-electron chi connectivity index (χ2n) is 6.09. The molecule has 0 radical (unpaired) electrons. The van der Waals surface area contributed by atoms with Gasteiger partial charge in [0.1, 0.15) is 5.75 Å². The number of ether oxygens (including phenoxy) is 1. The normalized spacial score (nSPS) is 16.6. The minimum atomic E-state index is -2.40. The van der Waals surface area contributed by atoms with Crippen LogP contribution in [-0.4, -0.2) is 58.0 Å². The Labute approximate surface area is 156 Å². The Morgan fingerprint density at radius 2 is 1.78 bits per heavy atom. The highest BCUT2D eigenvalue weighted by molar-refractivity contribution is 6.08. The molecular weight excluding hydrogens is 350 g/mol. The van der Waals surface area contributed by atoms with Crippen LogP contribution < -0.4 is 9.64 Å². The Bertz CT molecular complexity index is 827. The van der Waals surface area contributed by atoms with Crippen molar-refractivity contribution in [3.63, 3.8) is 0 Å². The van der Waals surface area contributed by atoms with Gasteiger partial charge in [-0.1, -0.05) is 18.2 Å². The Kier molecular flexibility index (Phi) is 5.07. The maximum atomic E-state index is 12.8. The zero-order chi connectivity index (χ0) is 19.4. The van der Waals surface area contributed by atoms with Gasteiger partial charge in [0.05, 0.1) is 6.54 Å². The smallest absolute Gasteiger partial charge is 0.378 e. The largest absolute Gasteiger partial charge is 0.476 e. The van der Waals surface area contributed by atoms with Crippen LogP contribution in [0.4, 0.5) is 5.69 Å². The SMILES string of the molecule is CC(=O)C(Oc1ccccc1)(C(=O)O)N1CCN(c2ccncc2)CC1=O. The molecule has 1 aliphatic heterocycles. The van der Waals surface area contributed by atoms with E-state index >= 15 is 0 Å². The number of rotatable bonds is 6. The highest BCUT2D eigenvalue weighted by Gasteiger charge is 2.55. The number of Topliss-reactive ketones (excluding diaryl/α,β-unsaturated/α-hetero) is 1. The van der Waals surface area contributed by atoms with E-state index in [1.54, 1.807) is 59.8 Å². The molecule has 27 heavy (non-hydrogen) atoms. The first-order chi connectivity index (χ1) is 12.9. The van der Waals surface area contributed by atoms with Crippen molar-refractivity contribution in [2.75, 3.05) is 24.5 Å². The van der Waals surface area contributed by atoms with Crippen molar-refractivity contribution in [3.05, 3.63) is 54.9 Å². The van der Waals surface area contributed by atoms with Crippen LogP contribution in [0.5, 0.6) is 5.75 Å². The summed E-state index contributed by atoms with van der Waals surface area (Å²) < 4.78 is 5.60. The lowest BCUT2D eigenvalue weighted by molar-refractivity contribution is -0.186. The van der Waals surface area contributed by atoms with Gasteiger partial charge in [0.25, 0.3) is 0 Å². The number of benzene rings is 1. The molecule has 1 saturated heterocycles. The molecule has 1 atom stereocenters. The molecule has 2 aromatic rings. The molecule has 8 heteroatoms. The van der Waals surface area contributed by atoms with Gasteiger partial charge >= 0.3 is 11.7 Å². The van der Waals surface area contributed by atoms with E-state index in [0.29, 0.717) is 6.54 Å². The molecule has 1 aromatic heterocycles. The molecular formula is C19H19N3O5. The molecule has 1 unspecified atom stereocenters. The summed E-state index contributed by atoms with van der Waals surface area (Å²) in [7, 11) is 0. The van der Waals surface area contributed by atoms with Crippen LogP contribution in [0.2, 0.25) is 0 Å². The third-order valence-electron chi connectivity index (χ3n) is 4.40. The standard InChI is InChI=1S/C19H19N3O5/c1-14(23)19(18(25)26,27-16-5-3-2-4-6-16)22-12-11-21(13-17(22)24)15-7-9-20-10-8-15/h2-10H,11-13H2,1H3,(H,25,26). The van der Waals surface area contributed by atoms with E-state index in [0.717, 1.165) is 17.5 Å². The van der Waals surface area contributed by atoms with E-state index in [1.165, 1.54) is 0 Å². The van der Waals surface area contributed by atoms with Gasteiger partial charge in [0, 0.05) is 38.1 Å². The molecule has 140 valence electrons. The number of carbonyl (C=O) groups is 3. The summed E-state index contributed by atoms with van der Waals surface area (Å²) in [6.45, 7) is 1.43. The fourth-order valence-electron chi connectivity index (χ4n) is 3.07. The summed E-state index contributed by atoms with van der Waals surface area (Å²) in [5.74, 6) is -2.61. The van der Waals surface area contributed by atoms with E-state index in [1.807, 2.05) is 0 Å². The number of para-hydroxylation sites is 1. The first kappa shape index (κ1) is 18.4. The minimum Gasteiger partial charge on any atom is -0.476 e. The maximum Gasteiger partial charge on any atom is 0.378 e. The number of nitrogens with zero attached hydrogens (tertiary/aromatic N) is 3. The first-order valence-electron chi connectivity index (χ1n) is 8.39. The van der Waals surface area contributed by atoms with Crippen LogP contribution in [0.15, 0.2) is 54.9 Å². The van der Waals surface area contributed by atoms with Crippen LogP contribution in [-0.2, 0) is 14.4 Å². The molecule has 1 aliphatic rings. The monoisotopic (exact) mass is 369 g/mol. The second kappa shape index (κ2) is 7.45. The van der Waals surface area contributed by atoms with Crippen molar-refractivity contribution in [2.45, 2.75) is 12.6 Å². The average Bonchev–Trinajstić information content (AvgIpc) is 2.67. The van der Waals surface area contributed by atoms with Gasteiger partial charge in [-0.3, -0.25) is 19.5 Å². The molecule has 1 fully saturated rings. The number of carboxylic acid groups (broad SMARTS) is 1. The van der Waals surface area contributed by atoms with Crippen molar-refractivity contribution in [2.24, 2.45) is 0 Å². The first-order valence-corrected chi connectivity index (χ1v) is 8.39. The number of pyridine rings is 1. The van der Waals surface area contributed by atoms with Crippen molar-refractivity contribution in [1.82, 2.24) is 9.88 Å². The Morgan fingerprint density at radius 1 is 1.11 bits per heavy atom. The lowest BCUT2D eigenvalue weighted by Gasteiger charge is -2.43. The van der Waals surface area contributed by atoms with Gasteiger partial charge in [-0.15, -0.1) is 0 Å². The minimum absolute atomic E-state index is 0.0276. The average molecular weight is 369 g/mol. The van der Waals surface area contributed by atoms with Crippen LogP contribution >= 0.6 is 0 Å². The number of hydrogen-bond acceptors (Lipinski definition) is 6. The fraction of sp³-hybridized carbons (Fsp3) is 0.263. The number of ketones is 1. The highest BCUT2D eigenvalue weighted by atomic mass is 16.6. The van der Waals surface area contributed by atoms with E-state index in [2.05, 4.69) is 4.98 Å². The highest BCUT2D eigenvalue weighted by Crippen LogP contribution is 2.27. The summed E-state index contributed by atoms with van der Waals surface area (Å²) in [6.07, 6.45) is 3.23. The Balaban J connectivity index is 1.90. The summed E-state index contributed by atoms with van der Waals surface area (Å²) in [4.78, 5) is 44.0. The Morgan fingerprint density at radius 3 is 2.33 bits per heavy atom. The number of anilines is 1. The predicted molar refractivity (Wildman–Crippen MR) is 96.3 cm³/mol. The molecule has 1 N–H and O–H groups in total. The molecule has 3 rings (SSSR count). The predicted octanol–water partition coefficient (Wildman–Crippen LogP) is 1.18. The second-order valence-corrected chi connectivity index (χ2v) is 6.09. The van der Waals surface area contributed by atoms with E-state index < -0.39 is 23.4 Å². The summed E-state index contributed by atoms with van der Waals surface area (Å²) in [5.41, 5.74) is -1.60. The lowest BCUT2D eigenvalue weighted by Crippen LogP contribution is -2.69. The van der Waals surface area contributed by atoms with Crippen LogP contribution in [0.25, 0.3) is 0 Å². The summed E-state index contributed by atoms with van der Waals surface area (Å²) in [5, 5.41) is 9.85. The van der Waals surface area contributed by atoms with Crippen molar-refractivity contribution < 1.29 is 24.2 Å². The third-order valence-corrected chi connectivity index (χ3v) is 4.40. The quantitative estimate of drug-likeness (QED) is 0.763. The van der Waals surface area contributed by atoms with E-state index in [-0.39, 0.29) is 18.8 Å². The molecule has 1 amide bonds. The maximum absolute atomic E-state index is 12.8. The third kappa shape index (κ3) is 3.46. The fourth-order valence-corrected chi connectivity index (χ4v) is 3.07. The zero-order valence-electron chi connectivity index (χ0n) is 14.7. The lowest BCUT2D eigenvalue weighted by atomic mass is 10.0. The van der Waals surface area contributed by atoms with Gasteiger partial charge in [0.15, 0.2) is 0 Å². The number of aromatic nitrogens is 1. The van der Waals surface area contributed by atoms with Gasteiger partial charge in [-0.2, -0.15) is 0 Å². The molecule has 0 saturated carbocycles. The van der Waals surface area contributed by atoms with Gasteiger partial charge in [0.2, 0.25) is 11.7 Å². The topological polar surface area (TPSA) is 100 Å². The van der Waals surface area contributed by atoms with Crippen molar-refractivity contribution in [1.29, 1.82) is 0 Å². The number of carbonyl (C=O) groups excluding carboxylic acids is 2. The number of aliphatic carboxylic acids is 1. The van der Waals surface area contributed by atoms with Gasteiger partial charge < -0.3 is 14.7 Å². The Hall–Kier alpha value is -3.42. The number of amides is 1. The molecule has 8 nitrogen and oxygen atoms in total. The molecule has 1 aromatic carbocycles. The molecule has 0 aliphatic carbocycles. The van der Waals surface area contributed by atoms with Crippen LogP contribution in [0.1, 0.15) is 6.92 Å². The summed E-state index contributed by atoms with van der Waals surface area (Å²) in [6, 6.07) is 11.7. The molecule has 0 spiro atoms. The van der Waals surface area contributed by atoms with Crippen molar-refractivity contribution >= 4 is 23.3 Å². The number of piperazine rings is 1. The molecule has 2 heterocycles.